The standard InChI is InChI=1S/C4H10N.Al.H2.2H/c1-4(2,3)5;;;;/h5H,1-3H3;;1H;;/q-1;+1;;;. The van der Waals surface area contributed by atoms with Crippen molar-refractivity contribution in [2.24, 2.45) is 0 Å². The van der Waals surface area contributed by atoms with E-state index in [1.165, 1.54) is 0 Å². The molecule has 0 saturated heterocycles. The molecule has 6 heavy (non-hydrogen) atoms. The summed E-state index contributed by atoms with van der Waals surface area (Å²) in [5.41, 5.74) is 0.353. The third-order valence-electron chi connectivity index (χ3n) is 0.750. The molecule has 0 aliphatic carbocycles. The second-order valence-corrected chi connectivity index (χ2v) is 3.00. The maximum atomic E-state index is 3.24. The van der Waals surface area contributed by atoms with Crippen LogP contribution >= 0.6 is 0 Å². The van der Waals surface area contributed by atoms with Crippen LogP contribution in [-0.4, -0.2) is 22.0 Å². The molecule has 0 amide bonds. The summed E-state index contributed by atoms with van der Waals surface area (Å²) in [5.74, 6) is 0. The fourth-order valence-corrected chi connectivity index (χ4v) is 0. The molecule has 0 aromatic rings. The summed E-state index contributed by atoms with van der Waals surface area (Å²) in [6.07, 6.45) is 0. The fraction of sp³-hybridized carbons (Fsp3) is 1.00. The first-order valence-corrected chi connectivity index (χ1v) is 3.25. The molecule has 0 aliphatic rings. The molecule has 1 nitrogen and oxygen atoms in total. The number of hydrogen-bond acceptors (Lipinski definition) is 1. The summed E-state index contributed by atoms with van der Waals surface area (Å²) >= 11 is 1.10. The maximum Gasteiger partial charge on any atom is 0.319 e. The average molecular weight is 103 g/mol. The fourth-order valence-electron chi connectivity index (χ4n) is 0. The lowest BCUT2D eigenvalue weighted by molar-refractivity contribution is 0.528. The average Bonchev–Trinajstić information content (AvgIpc) is 1.35. The molecule has 0 aliphatic heterocycles. The van der Waals surface area contributed by atoms with E-state index in [1.54, 1.807) is 0 Å². The van der Waals surface area contributed by atoms with Gasteiger partial charge >= 0.3 is 16.5 Å². The molecule has 0 radical (unpaired) electrons. The topological polar surface area (TPSA) is 12.0 Å². The van der Waals surface area contributed by atoms with Crippen LogP contribution in [0.3, 0.4) is 0 Å². The normalized spacial score (nSPS) is 11.8. The van der Waals surface area contributed by atoms with Crippen molar-refractivity contribution in [1.29, 1.82) is 0 Å². The zero-order valence-corrected chi connectivity index (χ0v) is 7.00. The molecule has 0 bridgehead atoms. The second-order valence-electron chi connectivity index (χ2n) is 2.50. The Hall–Kier alpha value is 0.492. The molecular weight excluding hydrogens is 89.0 g/mol. The molecular formula is C4H14AlN. The molecule has 38 valence electrons. The van der Waals surface area contributed by atoms with Crippen molar-refractivity contribution in [2.45, 2.75) is 26.3 Å². The third kappa shape index (κ3) is 4.49. The van der Waals surface area contributed by atoms with E-state index in [0.29, 0.717) is 5.54 Å². The Morgan fingerprint density at radius 2 is 1.67 bits per heavy atom. The van der Waals surface area contributed by atoms with Gasteiger partial charge in [-0.1, -0.05) is 0 Å². The molecule has 0 fully saturated rings. The number of rotatable bonds is 0. The van der Waals surface area contributed by atoms with Crippen LogP contribution in [0.25, 0.3) is 0 Å². The monoisotopic (exact) mass is 103 g/mol. The first kappa shape index (κ1) is 6.49. The van der Waals surface area contributed by atoms with E-state index >= 15 is 0 Å². The van der Waals surface area contributed by atoms with E-state index in [9.17, 15) is 0 Å². The van der Waals surface area contributed by atoms with Gasteiger partial charge in [0.2, 0.25) is 0 Å². The van der Waals surface area contributed by atoms with Gasteiger partial charge in [-0.25, -0.2) is 0 Å². The Kier molecular flexibility index (Phi) is 2.14. The first-order chi connectivity index (χ1) is 2.56. The number of hydrogen-bond donors (Lipinski definition) is 1. The molecule has 0 rings (SSSR count). The van der Waals surface area contributed by atoms with Gasteiger partial charge < -0.3 is 4.30 Å². The van der Waals surface area contributed by atoms with Gasteiger partial charge in [-0.05, 0) is 26.3 Å². The highest BCUT2D eigenvalue weighted by Crippen LogP contribution is 1.93. The quantitative estimate of drug-likeness (QED) is 0.431. The summed E-state index contributed by atoms with van der Waals surface area (Å²) in [7, 11) is 0. The van der Waals surface area contributed by atoms with E-state index < -0.39 is 0 Å². The largest absolute Gasteiger partial charge is 0.400 e. The summed E-state index contributed by atoms with van der Waals surface area (Å²) in [5, 5.41) is 0. The molecule has 0 aromatic heterocycles. The molecule has 0 spiro atoms. The van der Waals surface area contributed by atoms with Crippen LogP contribution < -0.4 is 4.30 Å². The van der Waals surface area contributed by atoms with Gasteiger partial charge in [-0.3, -0.25) is 0 Å². The lowest BCUT2D eigenvalue weighted by atomic mass is 10.1. The smallest absolute Gasteiger partial charge is 0.319 e. The summed E-state index contributed by atoms with van der Waals surface area (Å²) in [4.78, 5) is 0. The van der Waals surface area contributed by atoms with Gasteiger partial charge in [0, 0.05) is 1.43 Å². The van der Waals surface area contributed by atoms with E-state index in [0.717, 1.165) is 16.5 Å². The van der Waals surface area contributed by atoms with Crippen LogP contribution in [0.4, 0.5) is 0 Å². The van der Waals surface area contributed by atoms with Crippen molar-refractivity contribution >= 4 is 16.5 Å². The minimum atomic E-state index is 0. The minimum Gasteiger partial charge on any atom is -0.400 e. The van der Waals surface area contributed by atoms with E-state index in [-0.39, 0.29) is 1.43 Å². The highest BCUT2D eigenvalue weighted by molar-refractivity contribution is 6.04. The minimum absolute atomic E-state index is 0. The summed E-state index contributed by atoms with van der Waals surface area (Å²) < 4.78 is 3.24. The zero-order valence-electron chi connectivity index (χ0n) is 5.00. The van der Waals surface area contributed by atoms with Gasteiger partial charge in [-0.15, -0.1) is 0 Å². The Balaban J connectivity index is 0. The Bertz CT molecular complexity index is 41.4. The van der Waals surface area contributed by atoms with Gasteiger partial charge in [0.15, 0.2) is 0 Å². The Morgan fingerprint density at radius 1 is 1.50 bits per heavy atom. The van der Waals surface area contributed by atoms with Gasteiger partial charge in [-0.2, -0.15) is 0 Å². The van der Waals surface area contributed by atoms with Crippen LogP contribution in [0.15, 0.2) is 0 Å². The van der Waals surface area contributed by atoms with Crippen molar-refractivity contribution in [3.05, 3.63) is 0 Å². The van der Waals surface area contributed by atoms with E-state index in [1.807, 2.05) is 0 Å². The SMILES string of the molecule is CC(C)(C)[NH][AlH2].[HH]. The number of nitrogens with one attached hydrogen (secondary N) is 1. The van der Waals surface area contributed by atoms with Crippen LogP contribution in [0.5, 0.6) is 0 Å². The molecule has 0 aromatic carbocycles. The van der Waals surface area contributed by atoms with Crippen molar-refractivity contribution < 1.29 is 1.43 Å². The Labute approximate surface area is 49.2 Å². The van der Waals surface area contributed by atoms with E-state index in [2.05, 4.69) is 25.1 Å². The zero-order chi connectivity index (χ0) is 5.21. The molecule has 2 heteroatoms. The maximum absolute atomic E-state index is 3.24. The summed E-state index contributed by atoms with van der Waals surface area (Å²) in [6, 6.07) is 0. The van der Waals surface area contributed by atoms with Gasteiger partial charge in [0.1, 0.15) is 0 Å². The lowest BCUT2D eigenvalue weighted by Gasteiger charge is -2.16. The molecule has 0 atom stereocenters. The van der Waals surface area contributed by atoms with Crippen molar-refractivity contribution in [3.8, 4) is 0 Å². The summed E-state index contributed by atoms with van der Waals surface area (Å²) in [6.45, 7) is 6.50. The highest BCUT2D eigenvalue weighted by atomic mass is 27.1. The van der Waals surface area contributed by atoms with Crippen LogP contribution in [-0.2, 0) is 0 Å². The van der Waals surface area contributed by atoms with Gasteiger partial charge in [0.25, 0.3) is 0 Å². The van der Waals surface area contributed by atoms with Crippen LogP contribution in [0.1, 0.15) is 22.2 Å². The van der Waals surface area contributed by atoms with Crippen molar-refractivity contribution in [1.82, 2.24) is 4.30 Å². The highest BCUT2D eigenvalue weighted by Gasteiger charge is 2.01. The third-order valence-corrected chi connectivity index (χ3v) is 2.25. The molecule has 0 saturated carbocycles. The molecule has 0 heterocycles. The van der Waals surface area contributed by atoms with Gasteiger partial charge in [0.05, 0.1) is 0 Å². The van der Waals surface area contributed by atoms with E-state index in [4.69, 9.17) is 0 Å². The van der Waals surface area contributed by atoms with Crippen LogP contribution in [0.2, 0.25) is 0 Å². The lowest BCUT2D eigenvalue weighted by Crippen LogP contribution is -2.33. The Morgan fingerprint density at radius 3 is 1.67 bits per heavy atom. The first-order valence-electron chi connectivity index (χ1n) is 2.25. The van der Waals surface area contributed by atoms with Crippen LogP contribution in [0, 0.1) is 0 Å². The molecule has 0 unspecified atom stereocenters. The van der Waals surface area contributed by atoms with Crippen molar-refractivity contribution in [3.63, 3.8) is 0 Å². The predicted octanol–water partition coefficient (Wildman–Crippen LogP) is 0.169. The molecule has 1 N–H and O–H groups in total. The van der Waals surface area contributed by atoms with Crippen molar-refractivity contribution in [2.75, 3.05) is 0 Å². The predicted molar refractivity (Wildman–Crippen MR) is 33.5 cm³/mol. The second kappa shape index (κ2) is 1.97.